The topological polar surface area (TPSA) is 136 Å². The summed E-state index contributed by atoms with van der Waals surface area (Å²) in [5.74, 6) is 0.0805. The number of nitrogens with one attached hydrogen (secondary N) is 3. The lowest BCUT2D eigenvalue weighted by atomic mass is 10.4. The third-order valence-corrected chi connectivity index (χ3v) is 3.66. The standard InChI is InChI=1S/C13H21N7O4/c21-10-2-1-6-19(10)7-3-14-11(22)17-18-12(23)15-4-8-20-9-5-16-13(20)24/h1-9H2,(H,14,22)(H,15,23)(H,16,24). The Morgan fingerprint density at radius 2 is 1.62 bits per heavy atom. The maximum atomic E-state index is 11.4. The van der Waals surface area contributed by atoms with Gasteiger partial charge in [-0.05, 0) is 6.42 Å². The Kier molecular flexibility index (Phi) is 6.46. The molecule has 2 heterocycles. The SMILES string of the molecule is O=C(N=NC(=O)NCCN1CCNC1=O)NCCN1CCCC1=O. The number of amides is 7. The average Bonchev–Trinajstić information content (AvgIpc) is 3.14. The van der Waals surface area contributed by atoms with Gasteiger partial charge in [0.2, 0.25) is 5.91 Å². The first-order valence-electron chi connectivity index (χ1n) is 7.84. The van der Waals surface area contributed by atoms with E-state index in [0.29, 0.717) is 39.1 Å². The molecule has 24 heavy (non-hydrogen) atoms. The van der Waals surface area contributed by atoms with Crippen molar-refractivity contribution < 1.29 is 19.2 Å². The quantitative estimate of drug-likeness (QED) is 0.562. The minimum atomic E-state index is -0.750. The van der Waals surface area contributed by atoms with Crippen molar-refractivity contribution in [3.63, 3.8) is 0 Å². The Hall–Kier alpha value is -2.72. The fraction of sp³-hybridized carbons (Fsp3) is 0.692. The maximum absolute atomic E-state index is 11.4. The molecule has 0 atom stereocenters. The Bertz CT molecular complexity index is 490. The Labute approximate surface area is 138 Å². The minimum absolute atomic E-state index is 0.0805. The van der Waals surface area contributed by atoms with Gasteiger partial charge in [-0.3, -0.25) is 4.79 Å². The van der Waals surface area contributed by atoms with Crippen molar-refractivity contribution in [2.24, 2.45) is 10.2 Å². The van der Waals surface area contributed by atoms with Gasteiger partial charge in [-0.1, -0.05) is 10.2 Å². The first kappa shape index (κ1) is 17.6. The number of carbonyl (C=O) groups excluding carboxylic acids is 4. The summed E-state index contributed by atoms with van der Waals surface area (Å²) < 4.78 is 0. The number of hydrogen-bond donors (Lipinski definition) is 3. The molecule has 3 N–H and O–H groups in total. The molecule has 0 saturated carbocycles. The van der Waals surface area contributed by atoms with Crippen molar-refractivity contribution in [1.29, 1.82) is 0 Å². The van der Waals surface area contributed by atoms with E-state index in [1.807, 2.05) is 0 Å². The van der Waals surface area contributed by atoms with Crippen LogP contribution in [0.4, 0.5) is 14.4 Å². The molecular weight excluding hydrogens is 318 g/mol. The number of carbonyl (C=O) groups is 4. The first-order chi connectivity index (χ1) is 11.6. The van der Waals surface area contributed by atoms with E-state index in [-0.39, 0.29) is 25.0 Å². The summed E-state index contributed by atoms with van der Waals surface area (Å²) in [7, 11) is 0. The molecule has 0 aromatic carbocycles. The fourth-order valence-electron chi connectivity index (χ4n) is 2.42. The number of likely N-dealkylation sites (tertiary alicyclic amines) is 1. The zero-order valence-electron chi connectivity index (χ0n) is 13.3. The van der Waals surface area contributed by atoms with Crippen LogP contribution in [0.15, 0.2) is 10.2 Å². The van der Waals surface area contributed by atoms with Crippen molar-refractivity contribution in [1.82, 2.24) is 25.8 Å². The van der Waals surface area contributed by atoms with Crippen molar-refractivity contribution in [3.05, 3.63) is 0 Å². The summed E-state index contributed by atoms with van der Waals surface area (Å²) in [5, 5.41) is 14.0. The third-order valence-electron chi connectivity index (χ3n) is 3.66. The van der Waals surface area contributed by atoms with Crippen LogP contribution >= 0.6 is 0 Å². The van der Waals surface area contributed by atoms with Crippen molar-refractivity contribution in [3.8, 4) is 0 Å². The minimum Gasteiger partial charge on any atom is -0.341 e. The van der Waals surface area contributed by atoms with Crippen LogP contribution in [0.3, 0.4) is 0 Å². The lowest BCUT2D eigenvalue weighted by Gasteiger charge is -2.14. The highest BCUT2D eigenvalue weighted by atomic mass is 16.2. The van der Waals surface area contributed by atoms with E-state index in [2.05, 4.69) is 26.2 Å². The summed E-state index contributed by atoms with van der Waals surface area (Å²) in [4.78, 5) is 48.7. The third kappa shape index (κ3) is 5.48. The van der Waals surface area contributed by atoms with Gasteiger partial charge in [-0.25, -0.2) is 14.4 Å². The van der Waals surface area contributed by atoms with Crippen LogP contribution in [0.5, 0.6) is 0 Å². The molecule has 2 aliphatic heterocycles. The number of hydrogen-bond acceptors (Lipinski definition) is 4. The summed E-state index contributed by atoms with van der Waals surface area (Å²) in [6.07, 6.45) is 1.39. The zero-order valence-corrected chi connectivity index (χ0v) is 13.3. The number of nitrogens with zero attached hydrogens (tertiary/aromatic N) is 4. The molecule has 2 fully saturated rings. The van der Waals surface area contributed by atoms with Gasteiger partial charge in [-0.15, -0.1) is 0 Å². The lowest BCUT2D eigenvalue weighted by molar-refractivity contribution is -0.127. The van der Waals surface area contributed by atoms with Crippen LogP contribution in [0.2, 0.25) is 0 Å². The van der Waals surface area contributed by atoms with Crippen molar-refractivity contribution in [2.75, 3.05) is 45.8 Å². The highest BCUT2D eigenvalue weighted by molar-refractivity contribution is 5.80. The van der Waals surface area contributed by atoms with Crippen LogP contribution in [0, 0.1) is 0 Å². The van der Waals surface area contributed by atoms with Gasteiger partial charge >= 0.3 is 18.1 Å². The highest BCUT2D eigenvalue weighted by Crippen LogP contribution is 2.07. The molecule has 0 unspecified atom stereocenters. The van der Waals surface area contributed by atoms with E-state index in [9.17, 15) is 19.2 Å². The van der Waals surface area contributed by atoms with Gasteiger partial charge in [0.15, 0.2) is 0 Å². The van der Waals surface area contributed by atoms with E-state index < -0.39 is 12.1 Å². The van der Waals surface area contributed by atoms with Gasteiger partial charge in [-0.2, -0.15) is 0 Å². The molecule has 11 heteroatoms. The number of rotatable bonds is 6. The number of urea groups is 3. The van der Waals surface area contributed by atoms with Crippen molar-refractivity contribution in [2.45, 2.75) is 12.8 Å². The van der Waals surface area contributed by atoms with E-state index in [0.717, 1.165) is 6.42 Å². The highest BCUT2D eigenvalue weighted by Gasteiger charge is 2.19. The average molecular weight is 339 g/mol. The normalized spacial score (nSPS) is 17.5. The Morgan fingerprint density at radius 3 is 2.12 bits per heavy atom. The second-order valence-electron chi connectivity index (χ2n) is 5.37. The largest absolute Gasteiger partial charge is 0.359 e. The van der Waals surface area contributed by atoms with E-state index in [1.165, 1.54) is 0 Å². The predicted octanol–water partition coefficient (Wildman–Crippen LogP) is -0.495. The van der Waals surface area contributed by atoms with Crippen LogP contribution in [0.1, 0.15) is 12.8 Å². The molecule has 132 valence electrons. The van der Waals surface area contributed by atoms with E-state index in [4.69, 9.17) is 0 Å². The predicted molar refractivity (Wildman–Crippen MR) is 82.4 cm³/mol. The Balaban J connectivity index is 1.55. The molecule has 7 amide bonds. The van der Waals surface area contributed by atoms with Crippen LogP contribution < -0.4 is 16.0 Å². The molecule has 0 radical (unpaired) electrons. The summed E-state index contributed by atoms with van der Waals surface area (Å²) in [6.45, 7) is 3.16. The van der Waals surface area contributed by atoms with Crippen LogP contribution in [0.25, 0.3) is 0 Å². The molecular formula is C13H21N7O4. The van der Waals surface area contributed by atoms with Gasteiger partial charge < -0.3 is 25.8 Å². The van der Waals surface area contributed by atoms with Crippen LogP contribution in [-0.4, -0.2) is 79.6 Å². The monoisotopic (exact) mass is 339 g/mol. The van der Waals surface area contributed by atoms with Gasteiger partial charge in [0.1, 0.15) is 0 Å². The Morgan fingerprint density at radius 1 is 1.00 bits per heavy atom. The summed E-state index contributed by atoms with van der Waals surface area (Å²) in [5.41, 5.74) is 0. The molecule has 0 aromatic rings. The smallest absolute Gasteiger partial charge is 0.341 e. The molecule has 2 saturated heterocycles. The fourth-order valence-corrected chi connectivity index (χ4v) is 2.42. The summed E-state index contributed by atoms with van der Waals surface area (Å²) >= 11 is 0. The van der Waals surface area contributed by atoms with Gasteiger partial charge in [0.05, 0.1) is 0 Å². The molecule has 0 aromatic heterocycles. The van der Waals surface area contributed by atoms with E-state index >= 15 is 0 Å². The lowest BCUT2D eigenvalue weighted by Crippen LogP contribution is -2.36. The van der Waals surface area contributed by atoms with Gasteiger partial charge in [0.25, 0.3) is 0 Å². The number of azo groups is 1. The molecule has 2 rings (SSSR count). The molecule has 11 nitrogen and oxygen atoms in total. The van der Waals surface area contributed by atoms with Crippen LogP contribution in [-0.2, 0) is 4.79 Å². The van der Waals surface area contributed by atoms with Crippen molar-refractivity contribution >= 4 is 24.0 Å². The summed E-state index contributed by atoms with van der Waals surface area (Å²) in [6, 6.07) is -1.66. The first-order valence-corrected chi connectivity index (χ1v) is 7.84. The maximum Gasteiger partial charge on any atom is 0.359 e. The second kappa shape index (κ2) is 8.79. The van der Waals surface area contributed by atoms with Gasteiger partial charge in [0, 0.05) is 52.2 Å². The molecule has 2 aliphatic rings. The molecule has 0 spiro atoms. The zero-order chi connectivity index (χ0) is 17.4. The van der Waals surface area contributed by atoms with E-state index in [1.54, 1.807) is 9.80 Å². The molecule has 0 aliphatic carbocycles. The second-order valence-corrected chi connectivity index (χ2v) is 5.37. The molecule has 0 bridgehead atoms.